The van der Waals surface area contributed by atoms with Crippen LogP contribution in [0.1, 0.15) is 12.8 Å². The molecule has 0 aromatic carbocycles. The molecular weight excluding hydrogens is 175 g/mol. The molecule has 0 heterocycles. The third kappa shape index (κ3) is 4.59. The van der Waals surface area contributed by atoms with E-state index in [0.717, 1.165) is 0 Å². The van der Waals surface area contributed by atoms with Crippen LogP contribution in [0.15, 0.2) is 12.7 Å². The quantitative estimate of drug-likeness (QED) is 0.515. The molecule has 5 N–H and O–H groups in total. The Bertz CT molecular complexity index is 187. The van der Waals surface area contributed by atoms with Gasteiger partial charge in [-0.05, 0) is 12.8 Å². The van der Waals surface area contributed by atoms with Crippen molar-refractivity contribution in [2.45, 2.75) is 31.1 Å². The molecule has 3 unspecified atom stereocenters. The van der Waals surface area contributed by atoms with Crippen molar-refractivity contribution in [1.29, 1.82) is 0 Å². The lowest BCUT2D eigenvalue weighted by Gasteiger charge is -2.13. The number of carboxylic acid groups (broad SMARTS) is 1. The second kappa shape index (κ2) is 5.66. The average Bonchev–Trinajstić information content (AvgIpc) is 2.11. The predicted molar refractivity (Wildman–Crippen MR) is 47.9 cm³/mol. The van der Waals surface area contributed by atoms with E-state index in [-0.39, 0.29) is 12.8 Å². The van der Waals surface area contributed by atoms with Crippen molar-refractivity contribution in [3.8, 4) is 0 Å². The lowest BCUT2D eigenvalue weighted by atomic mass is 10.0. The van der Waals surface area contributed by atoms with Crippen LogP contribution in [0.4, 0.5) is 4.39 Å². The first-order chi connectivity index (χ1) is 5.99. The Labute approximate surface area is 76.4 Å². The number of rotatable bonds is 6. The van der Waals surface area contributed by atoms with Gasteiger partial charge in [0.1, 0.15) is 12.2 Å². The summed E-state index contributed by atoms with van der Waals surface area (Å²) in [7, 11) is 0. The smallest absolute Gasteiger partial charge is 0.320 e. The minimum atomic E-state index is -1.28. The Balaban J connectivity index is 3.75. The van der Waals surface area contributed by atoms with Crippen molar-refractivity contribution in [1.82, 2.24) is 0 Å². The summed E-state index contributed by atoms with van der Waals surface area (Å²) >= 11 is 0. The number of hydrogen-bond donors (Lipinski definition) is 3. The Hall–Kier alpha value is -0.940. The maximum absolute atomic E-state index is 13.0. The summed E-state index contributed by atoms with van der Waals surface area (Å²) in [6.45, 7) is 3.33. The largest absolute Gasteiger partial charge is 0.480 e. The maximum atomic E-state index is 13.0. The van der Waals surface area contributed by atoms with Gasteiger partial charge < -0.3 is 16.6 Å². The van der Waals surface area contributed by atoms with E-state index in [4.69, 9.17) is 16.6 Å². The zero-order chi connectivity index (χ0) is 10.4. The van der Waals surface area contributed by atoms with E-state index in [9.17, 15) is 9.18 Å². The van der Waals surface area contributed by atoms with Crippen LogP contribution >= 0.6 is 0 Å². The number of nitrogens with two attached hydrogens (primary N) is 2. The molecule has 0 bridgehead atoms. The van der Waals surface area contributed by atoms with Gasteiger partial charge in [0.05, 0.1) is 6.04 Å². The fraction of sp³-hybridized carbons (Fsp3) is 0.625. The standard InChI is InChI=1S/C8H15FN2O2/c1-2-6(10)5(9)3-4-7(11)8(12)13/h2,5-7H,1,3-4,10-11H2,(H,12,13). The lowest BCUT2D eigenvalue weighted by Crippen LogP contribution is -2.34. The molecule has 0 aliphatic carbocycles. The van der Waals surface area contributed by atoms with E-state index in [1.165, 1.54) is 6.08 Å². The zero-order valence-electron chi connectivity index (χ0n) is 7.32. The molecule has 0 rings (SSSR count). The summed E-state index contributed by atoms with van der Waals surface area (Å²) in [6.07, 6.45) is 0.137. The summed E-state index contributed by atoms with van der Waals surface area (Å²) in [5.41, 5.74) is 10.5. The van der Waals surface area contributed by atoms with Gasteiger partial charge in [0.2, 0.25) is 0 Å². The monoisotopic (exact) mass is 190 g/mol. The first-order valence-corrected chi connectivity index (χ1v) is 3.99. The number of carboxylic acids is 1. The molecule has 4 nitrogen and oxygen atoms in total. The van der Waals surface area contributed by atoms with Crippen molar-refractivity contribution >= 4 is 5.97 Å². The average molecular weight is 190 g/mol. The molecular formula is C8H15FN2O2. The third-order valence-corrected chi connectivity index (χ3v) is 1.76. The van der Waals surface area contributed by atoms with Gasteiger partial charge in [0.15, 0.2) is 0 Å². The fourth-order valence-electron chi connectivity index (χ4n) is 0.802. The van der Waals surface area contributed by atoms with Crippen LogP contribution in [-0.4, -0.2) is 29.3 Å². The molecule has 3 atom stereocenters. The molecule has 0 saturated carbocycles. The molecule has 0 radical (unpaired) electrons. The highest BCUT2D eigenvalue weighted by molar-refractivity contribution is 5.72. The fourth-order valence-corrected chi connectivity index (χ4v) is 0.802. The topological polar surface area (TPSA) is 89.3 Å². The second-order valence-corrected chi connectivity index (χ2v) is 2.85. The summed E-state index contributed by atoms with van der Waals surface area (Å²) < 4.78 is 13.0. The lowest BCUT2D eigenvalue weighted by molar-refractivity contribution is -0.138. The first kappa shape index (κ1) is 12.1. The van der Waals surface area contributed by atoms with E-state index in [1.54, 1.807) is 0 Å². The molecule has 0 amide bonds. The van der Waals surface area contributed by atoms with Crippen molar-refractivity contribution in [3.63, 3.8) is 0 Å². The van der Waals surface area contributed by atoms with E-state index in [0.29, 0.717) is 0 Å². The van der Waals surface area contributed by atoms with Crippen molar-refractivity contribution in [2.75, 3.05) is 0 Å². The molecule has 0 aromatic rings. The molecule has 76 valence electrons. The van der Waals surface area contributed by atoms with Crippen LogP contribution in [0.5, 0.6) is 0 Å². The zero-order valence-corrected chi connectivity index (χ0v) is 7.32. The van der Waals surface area contributed by atoms with Gasteiger partial charge in [0, 0.05) is 0 Å². The molecule has 0 spiro atoms. The Morgan fingerprint density at radius 1 is 1.54 bits per heavy atom. The SMILES string of the molecule is C=CC(N)C(F)CCC(N)C(=O)O. The summed E-state index contributed by atoms with van der Waals surface area (Å²) in [5.74, 6) is -1.13. The van der Waals surface area contributed by atoms with Gasteiger partial charge in [-0.1, -0.05) is 6.08 Å². The van der Waals surface area contributed by atoms with Crippen molar-refractivity contribution in [3.05, 3.63) is 12.7 Å². The Morgan fingerprint density at radius 3 is 2.46 bits per heavy atom. The van der Waals surface area contributed by atoms with Gasteiger partial charge in [-0.2, -0.15) is 0 Å². The van der Waals surface area contributed by atoms with E-state index >= 15 is 0 Å². The molecule has 5 heteroatoms. The van der Waals surface area contributed by atoms with Crippen molar-refractivity contribution < 1.29 is 14.3 Å². The van der Waals surface area contributed by atoms with Crippen LogP contribution in [0.25, 0.3) is 0 Å². The van der Waals surface area contributed by atoms with Gasteiger partial charge in [-0.25, -0.2) is 4.39 Å². The van der Waals surface area contributed by atoms with Gasteiger partial charge in [-0.3, -0.25) is 4.79 Å². The Kier molecular flexibility index (Phi) is 5.25. The highest BCUT2D eigenvalue weighted by Crippen LogP contribution is 2.07. The molecule has 0 fully saturated rings. The Morgan fingerprint density at radius 2 is 2.08 bits per heavy atom. The van der Waals surface area contributed by atoms with Crippen LogP contribution in [0.3, 0.4) is 0 Å². The number of halogens is 1. The molecule has 0 aliphatic rings. The number of carbonyl (C=O) groups is 1. The van der Waals surface area contributed by atoms with Crippen LogP contribution in [0.2, 0.25) is 0 Å². The summed E-state index contributed by atoms with van der Waals surface area (Å²) in [4.78, 5) is 10.3. The minimum absolute atomic E-state index is 0.0423. The second-order valence-electron chi connectivity index (χ2n) is 2.85. The van der Waals surface area contributed by atoms with Gasteiger partial charge in [0.25, 0.3) is 0 Å². The molecule has 0 saturated heterocycles. The highest BCUT2D eigenvalue weighted by Gasteiger charge is 2.18. The first-order valence-electron chi connectivity index (χ1n) is 3.99. The summed E-state index contributed by atoms with van der Waals surface area (Å²) in [5, 5.41) is 8.39. The molecule has 0 aromatic heterocycles. The normalized spacial score (nSPS) is 17.5. The predicted octanol–water partition coefficient (Wildman–Crippen LogP) is 0.0299. The third-order valence-electron chi connectivity index (χ3n) is 1.76. The van der Waals surface area contributed by atoms with E-state index in [2.05, 4.69) is 6.58 Å². The summed E-state index contributed by atoms with van der Waals surface area (Å²) in [6, 6.07) is -1.77. The van der Waals surface area contributed by atoms with Crippen LogP contribution in [-0.2, 0) is 4.79 Å². The maximum Gasteiger partial charge on any atom is 0.320 e. The molecule has 0 aliphatic heterocycles. The van der Waals surface area contributed by atoms with Crippen molar-refractivity contribution in [2.24, 2.45) is 11.5 Å². The number of aliphatic carboxylic acids is 1. The van der Waals surface area contributed by atoms with E-state index < -0.39 is 24.2 Å². The van der Waals surface area contributed by atoms with E-state index in [1.807, 2.05) is 0 Å². The van der Waals surface area contributed by atoms with Gasteiger partial charge >= 0.3 is 5.97 Å². The van der Waals surface area contributed by atoms with Gasteiger partial charge in [-0.15, -0.1) is 6.58 Å². The minimum Gasteiger partial charge on any atom is -0.480 e. The number of hydrogen-bond acceptors (Lipinski definition) is 3. The van der Waals surface area contributed by atoms with Crippen LogP contribution in [0, 0.1) is 0 Å². The number of alkyl halides is 1. The van der Waals surface area contributed by atoms with Crippen LogP contribution < -0.4 is 11.5 Å². The highest BCUT2D eigenvalue weighted by atomic mass is 19.1. The molecule has 13 heavy (non-hydrogen) atoms.